The molecule has 0 radical (unpaired) electrons. The summed E-state index contributed by atoms with van der Waals surface area (Å²) in [5.41, 5.74) is -0.197. The van der Waals surface area contributed by atoms with Crippen LogP contribution in [0.5, 0.6) is 0 Å². The van der Waals surface area contributed by atoms with Gasteiger partial charge < -0.3 is 10.4 Å². The van der Waals surface area contributed by atoms with Crippen molar-refractivity contribution in [1.82, 2.24) is 25.5 Å². The van der Waals surface area contributed by atoms with Gasteiger partial charge in [0.15, 0.2) is 0 Å². The van der Waals surface area contributed by atoms with Crippen molar-refractivity contribution in [3.63, 3.8) is 0 Å². The SMILES string of the molecule is CCCC(C)(NC(=O)c1ccc(-n2cnnn2)cc1)C(=O)O. The van der Waals surface area contributed by atoms with Gasteiger partial charge in [-0.15, -0.1) is 5.10 Å². The number of carbonyl (C=O) groups excluding carboxylic acids is 1. The quantitative estimate of drug-likeness (QED) is 0.825. The number of hydrogen-bond donors (Lipinski definition) is 2. The number of aliphatic carboxylic acids is 1. The maximum atomic E-state index is 12.2. The third-order valence-electron chi connectivity index (χ3n) is 3.35. The van der Waals surface area contributed by atoms with E-state index in [1.54, 1.807) is 24.3 Å². The topological polar surface area (TPSA) is 110 Å². The number of nitrogens with zero attached hydrogens (tertiary/aromatic N) is 4. The minimum absolute atomic E-state index is 0.358. The van der Waals surface area contributed by atoms with Crippen molar-refractivity contribution in [3.8, 4) is 5.69 Å². The number of nitrogens with one attached hydrogen (secondary N) is 1. The second-order valence-electron chi connectivity index (χ2n) is 5.14. The highest BCUT2D eigenvalue weighted by Gasteiger charge is 2.33. The molecule has 0 saturated heterocycles. The number of aromatic nitrogens is 4. The summed E-state index contributed by atoms with van der Waals surface area (Å²) < 4.78 is 1.46. The molecule has 2 N–H and O–H groups in total. The van der Waals surface area contributed by atoms with E-state index >= 15 is 0 Å². The molecule has 22 heavy (non-hydrogen) atoms. The molecule has 1 aromatic carbocycles. The van der Waals surface area contributed by atoms with E-state index < -0.39 is 17.4 Å². The van der Waals surface area contributed by atoms with Crippen LogP contribution in [0.2, 0.25) is 0 Å². The molecule has 8 nitrogen and oxygen atoms in total. The van der Waals surface area contributed by atoms with Gasteiger partial charge in [-0.1, -0.05) is 13.3 Å². The fourth-order valence-corrected chi connectivity index (χ4v) is 2.09. The first kappa shape index (κ1) is 15.6. The number of hydrogen-bond acceptors (Lipinski definition) is 5. The highest BCUT2D eigenvalue weighted by Crippen LogP contribution is 2.15. The molecule has 0 saturated carbocycles. The van der Waals surface area contributed by atoms with E-state index in [1.807, 2.05) is 6.92 Å². The number of carboxylic acid groups (broad SMARTS) is 1. The molecule has 8 heteroatoms. The zero-order valence-corrected chi connectivity index (χ0v) is 12.4. The second kappa shape index (κ2) is 6.33. The lowest BCUT2D eigenvalue weighted by molar-refractivity contribution is -0.144. The smallest absolute Gasteiger partial charge is 0.329 e. The third-order valence-corrected chi connectivity index (χ3v) is 3.35. The van der Waals surface area contributed by atoms with Gasteiger partial charge in [-0.25, -0.2) is 9.48 Å². The van der Waals surface area contributed by atoms with Gasteiger partial charge in [0.05, 0.1) is 5.69 Å². The summed E-state index contributed by atoms with van der Waals surface area (Å²) in [6.45, 7) is 3.38. The fourth-order valence-electron chi connectivity index (χ4n) is 2.09. The van der Waals surface area contributed by atoms with E-state index in [-0.39, 0.29) is 0 Å². The molecule has 1 heterocycles. The molecule has 0 spiro atoms. The number of benzene rings is 1. The minimum Gasteiger partial charge on any atom is -0.480 e. The Bertz CT molecular complexity index is 654. The molecule has 2 rings (SSSR count). The van der Waals surface area contributed by atoms with Gasteiger partial charge in [0.2, 0.25) is 0 Å². The number of carboxylic acids is 1. The van der Waals surface area contributed by atoms with Gasteiger partial charge in [-0.05, 0) is 48.0 Å². The van der Waals surface area contributed by atoms with Crippen LogP contribution in [0, 0.1) is 0 Å². The van der Waals surface area contributed by atoms with Gasteiger partial charge in [0.1, 0.15) is 11.9 Å². The Labute approximate surface area is 127 Å². The predicted octanol–water partition coefficient (Wildman–Crippen LogP) is 1.04. The lowest BCUT2D eigenvalue weighted by atomic mass is 9.95. The van der Waals surface area contributed by atoms with E-state index in [0.717, 1.165) is 0 Å². The van der Waals surface area contributed by atoms with E-state index in [0.29, 0.717) is 24.1 Å². The van der Waals surface area contributed by atoms with Crippen LogP contribution in [0.15, 0.2) is 30.6 Å². The first-order valence-electron chi connectivity index (χ1n) is 6.85. The van der Waals surface area contributed by atoms with E-state index in [9.17, 15) is 14.7 Å². The zero-order chi connectivity index (χ0) is 16.2. The van der Waals surface area contributed by atoms with Crippen molar-refractivity contribution in [3.05, 3.63) is 36.2 Å². The lowest BCUT2D eigenvalue weighted by Gasteiger charge is -2.25. The molecular formula is C14H17N5O3. The Kier molecular flexibility index (Phi) is 4.50. The van der Waals surface area contributed by atoms with Crippen molar-refractivity contribution in [2.24, 2.45) is 0 Å². The van der Waals surface area contributed by atoms with Crippen molar-refractivity contribution < 1.29 is 14.7 Å². The Balaban J connectivity index is 2.14. The molecule has 0 aliphatic carbocycles. The lowest BCUT2D eigenvalue weighted by Crippen LogP contribution is -2.52. The zero-order valence-electron chi connectivity index (χ0n) is 12.4. The Hall–Kier alpha value is -2.77. The minimum atomic E-state index is -1.28. The monoisotopic (exact) mass is 303 g/mol. The van der Waals surface area contributed by atoms with Crippen molar-refractivity contribution >= 4 is 11.9 Å². The van der Waals surface area contributed by atoms with Crippen LogP contribution in [0.25, 0.3) is 5.69 Å². The molecule has 1 atom stereocenters. The fraction of sp³-hybridized carbons (Fsp3) is 0.357. The molecule has 1 unspecified atom stereocenters. The molecule has 1 aromatic heterocycles. The Morgan fingerprint density at radius 2 is 2.00 bits per heavy atom. The van der Waals surface area contributed by atoms with E-state index in [1.165, 1.54) is 17.9 Å². The number of tetrazole rings is 1. The molecule has 1 amide bonds. The summed E-state index contributed by atoms with van der Waals surface area (Å²) >= 11 is 0. The summed E-state index contributed by atoms with van der Waals surface area (Å²) in [6, 6.07) is 6.56. The van der Waals surface area contributed by atoms with Crippen LogP contribution in [0.1, 0.15) is 37.0 Å². The van der Waals surface area contributed by atoms with E-state index in [4.69, 9.17) is 0 Å². The first-order chi connectivity index (χ1) is 10.5. The normalized spacial score (nSPS) is 13.4. The predicted molar refractivity (Wildman–Crippen MR) is 77.6 cm³/mol. The van der Waals surface area contributed by atoms with Crippen molar-refractivity contribution in [2.45, 2.75) is 32.2 Å². The van der Waals surface area contributed by atoms with Gasteiger partial charge in [-0.2, -0.15) is 0 Å². The number of rotatable bonds is 6. The van der Waals surface area contributed by atoms with E-state index in [2.05, 4.69) is 20.8 Å². The largest absolute Gasteiger partial charge is 0.480 e. The van der Waals surface area contributed by atoms with Crippen LogP contribution in [-0.2, 0) is 4.79 Å². The second-order valence-corrected chi connectivity index (χ2v) is 5.14. The maximum Gasteiger partial charge on any atom is 0.329 e. The van der Waals surface area contributed by atoms with Crippen LogP contribution in [-0.4, -0.2) is 42.7 Å². The average Bonchev–Trinajstić information content (AvgIpc) is 3.01. The molecule has 2 aromatic rings. The highest BCUT2D eigenvalue weighted by atomic mass is 16.4. The maximum absolute atomic E-state index is 12.2. The van der Waals surface area contributed by atoms with Gasteiger partial charge in [0, 0.05) is 5.56 Å². The number of carbonyl (C=O) groups is 2. The van der Waals surface area contributed by atoms with Gasteiger partial charge in [-0.3, -0.25) is 4.79 Å². The van der Waals surface area contributed by atoms with Crippen LogP contribution in [0.3, 0.4) is 0 Å². The molecule has 0 bridgehead atoms. The summed E-state index contributed by atoms with van der Waals surface area (Å²) in [5.74, 6) is -1.48. The highest BCUT2D eigenvalue weighted by molar-refractivity contribution is 5.97. The summed E-state index contributed by atoms with van der Waals surface area (Å²) in [4.78, 5) is 23.6. The number of amides is 1. The average molecular weight is 303 g/mol. The van der Waals surface area contributed by atoms with Crippen LogP contribution in [0.4, 0.5) is 0 Å². The van der Waals surface area contributed by atoms with Gasteiger partial charge in [0.25, 0.3) is 5.91 Å². The Morgan fingerprint density at radius 3 is 2.50 bits per heavy atom. The standard InChI is InChI=1S/C14H17N5O3/c1-3-8-14(2,13(21)22)16-12(20)10-4-6-11(7-5-10)19-9-15-17-18-19/h4-7,9H,3,8H2,1-2H3,(H,16,20)(H,21,22). The Morgan fingerprint density at radius 1 is 1.32 bits per heavy atom. The summed E-state index contributed by atoms with van der Waals surface area (Å²) in [5, 5.41) is 22.7. The summed E-state index contributed by atoms with van der Waals surface area (Å²) in [6.07, 6.45) is 2.45. The van der Waals surface area contributed by atoms with Crippen LogP contribution >= 0.6 is 0 Å². The molecule has 0 aliphatic heterocycles. The molecule has 0 fully saturated rings. The third kappa shape index (κ3) is 3.27. The van der Waals surface area contributed by atoms with Crippen LogP contribution < -0.4 is 5.32 Å². The van der Waals surface area contributed by atoms with Crippen molar-refractivity contribution in [2.75, 3.05) is 0 Å². The van der Waals surface area contributed by atoms with Gasteiger partial charge >= 0.3 is 5.97 Å². The van der Waals surface area contributed by atoms with Crippen molar-refractivity contribution in [1.29, 1.82) is 0 Å². The summed E-state index contributed by atoms with van der Waals surface area (Å²) in [7, 11) is 0. The molecule has 116 valence electrons. The molecule has 0 aliphatic rings. The molecular weight excluding hydrogens is 286 g/mol. The first-order valence-corrected chi connectivity index (χ1v) is 6.85.